The van der Waals surface area contributed by atoms with E-state index in [0.717, 1.165) is 5.56 Å². The Kier molecular flexibility index (Phi) is 12.7. The second kappa shape index (κ2) is 15.2. The maximum Gasteiger partial charge on any atom is 0.326 e. The molecule has 37 heavy (non-hydrogen) atoms. The normalized spacial score (nSPS) is 14.1. The number of hydrogen-bond donors (Lipinski definition) is 7. The zero-order valence-electron chi connectivity index (χ0n) is 20.9. The van der Waals surface area contributed by atoms with Crippen molar-refractivity contribution in [2.75, 3.05) is 0 Å². The van der Waals surface area contributed by atoms with Crippen LogP contribution < -0.4 is 33.2 Å². The summed E-state index contributed by atoms with van der Waals surface area (Å²) in [5.74, 6) is -5.31. The van der Waals surface area contributed by atoms with Gasteiger partial charge in [-0.3, -0.25) is 24.0 Å². The van der Waals surface area contributed by atoms with E-state index >= 15 is 0 Å². The van der Waals surface area contributed by atoms with Gasteiger partial charge in [0.25, 0.3) is 0 Å². The Balaban J connectivity index is 3.04. The number of primary amides is 2. The van der Waals surface area contributed by atoms with Crippen molar-refractivity contribution in [3.8, 4) is 0 Å². The van der Waals surface area contributed by atoms with Gasteiger partial charge >= 0.3 is 5.97 Å². The molecule has 0 radical (unpaired) electrons. The first-order valence-corrected chi connectivity index (χ1v) is 11.8. The number of amides is 5. The average molecular weight is 521 g/mol. The van der Waals surface area contributed by atoms with Crippen LogP contribution in [-0.4, -0.2) is 64.8 Å². The SMILES string of the molecule is CC(C)C(NC(=O)C(Cc1ccccc1)NC(=O)C(N)CCC(N)=O)C(=O)NC(CCC(N)=O)C(=O)O. The molecule has 0 saturated heterocycles. The molecule has 0 aliphatic carbocycles. The van der Waals surface area contributed by atoms with Gasteiger partial charge in [-0.25, -0.2) is 4.79 Å². The number of hydrogen-bond acceptors (Lipinski definition) is 7. The third-order valence-electron chi connectivity index (χ3n) is 5.50. The molecule has 4 atom stereocenters. The van der Waals surface area contributed by atoms with E-state index < -0.39 is 65.6 Å². The van der Waals surface area contributed by atoms with Crippen molar-refractivity contribution in [3.63, 3.8) is 0 Å². The molecule has 0 heterocycles. The van der Waals surface area contributed by atoms with E-state index in [9.17, 15) is 33.9 Å². The third kappa shape index (κ3) is 11.5. The van der Waals surface area contributed by atoms with E-state index in [1.807, 2.05) is 0 Å². The Morgan fingerprint density at radius 3 is 1.84 bits per heavy atom. The molecule has 0 spiro atoms. The van der Waals surface area contributed by atoms with Crippen LogP contribution >= 0.6 is 0 Å². The smallest absolute Gasteiger partial charge is 0.326 e. The largest absolute Gasteiger partial charge is 0.480 e. The predicted octanol–water partition coefficient (Wildman–Crippen LogP) is -1.72. The maximum absolute atomic E-state index is 13.2. The Labute approximate surface area is 214 Å². The lowest BCUT2D eigenvalue weighted by atomic mass is 10.00. The van der Waals surface area contributed by atoms with Crippen LogP contribution in [0, 0.1) is 5.92 Å². The molecule has 4 unspecified atom stereocenters. The van der Waals surface area contributed by atoms with Crippen LogP contribution in [0.5, 0.6) is 0 Å². The molecule has 0 fully saturated rings. The minimum absolute atomic E-state index is 0.0141. The standard InChI is InChI=1S/C24H36N6O7/c1-13(2)20(23(35)28-16(24(36)37)9-11-19(27)32)30-22(34)17(12-14-6-4-3-5-7-14)29-21(33)15(25)8-10-18(26)31/h3-7,13,15-17,20H,8-12,25H2,1-2H3,(H2,26,31)(H2,27,32)(H,28,35)(H,29,33)(H,30,34)(H,36,37). The van der Waals surface area contributed by atoms with Crippen LogP contribution in [0.4, 0.5) is 0 Å². The number of benzene rings is 1. The van der Waals surface area contributed by atoms with E-state index in [1.54, 1.807) is 44.2 Å². The summed E-state index contributed by atoms with van der Waals surface area (Å²) in [6.07, 6.45) is -0.522. The highest BCUT2D eigenvalue weighted by Gasteiger charge is 2.32. The summed E-state index contributed by atoms with van der Waals surface area (Å²) in [6, 6.07) is 4.04. The van der Waals surface area contributed by atoms with Gasteiger partial charge < -0.3 is 38.3 Å². The summed E-state index contributed by atoms with van der Waals surface area (Å²) in [5, 5.41) is 16.8. The summed E-state index contributed by atoms with van der Waals surface area (Å²) in [7, 11) is 0. The molecule has 204 valence electrons. The Morgan fingerprint density at radius 2 is 1.32 bits per heavy atom. The summed E-state index contributed by atoms with van der Waals surface area (Å²) in [6.45, 7) is 3.29. The molecule has 1 rings (SSSR count). The minimum Gasteiger partial charge on any atom is -0.480 e. The first-order valence-electron chi connectivity index (χ1n) is 11.8. The second-order valence-corrected chi connectivity index (χ2v) is 9.00. The Hall–Kier alpha value is -4.00. The van der Waals surface area contributed by atoms with E-state index in [-0.39, 0.29) is 32.1 Å². The fourth-order valence-corrected chi connectivity index (χ4v) is 3.36. The number of nitrogens with two attached hydrogens (primary N) is 3. The lowest BCUT2D eigenvalue weighted by Crippen LogP contribution is -2.59. The van der Waals surface area contributed by atoms with Crippen molar-refractivity contribution in [2.24, 2.45) is 23.1 Å². The number of carboxylic acids is 1. The van der Waals surface area contributed by atoms with Gasteiger partial charge in [-0.1, -0.05) is 44.2 Å². The number of aliphatic carboxylic acids is 1. The fourth-order valence-electron chi connectivity index (χ4n) is 3.36. The van der Waals surface area contributed by atoms with Crippen molar-refractivity contribution < 1.29 is 33.9 Å². The quantitative estimate of drug-likeness (QED) is 0.132. The van der Waals surface area contributed by atoms with Gasteiger partial charge in [-0.2, -0.15) is 0 Å². The molecule has 0 bridgehead atoms. The van der Waals surface area contributed by atoms with Gasteiger partial charge in [0.1, 0.15) is 18.1 Å². The number of rotatable bonds is 16. The third-order valence-corrected chi connectivity index (χ3v) is 5.50. The highest BCUT2D eigenvalue weighted by Crippen LogP contribution is 2.09. The molecule has 0 saturated carbocycles. The highest BCUT2D eigenvalue weighted by atomic mass is 16.4. The fraction of sp³-hybridized carbons (Fsp3) is 0.500. The van der Waals surface area contributed by atoms with E-state index in [0.29, 0.717) is 0 Å². The van der Waals surface area contributed by atoms with E-state index in [1.165, 1.54) is 0 Å². The van der Waals surface area contributed by atoms with Crippen LogP contribution in [0.1, 0.15) is 45.1 Å². The first-order chi connectivity index (χ1) is 17.3. The Bertz CT molecular complexity index is 970. The lowest BCUT2D eigenvalue weighted by Gasteiger charge is -2.27. The molecule has 0 aliphatic rings. The molecule has 0 aromatic heterocycles. The topological polar surface area (TPSA) is 237 Å². The van der Waals surface area contributed by atoms with Gasteiger partial charge in [0.15, 0.2) is 0 Å². The number of carbonyl (C=O) groups is 6. The van der Waals surface area contributed by atoms with Crippen LogP contribution in [-0.2, 0) is 35.2 Å². The highest BCUT2D eigenvalue weighted by molar-refractivity contribution is 5.94. The van der Waals surface area contributed by atoms with Crippen molar-refractivity contribution in [1.82, 2.24) is 16.0 Å². The average Bonchev–Trinajstić information content (AvgIpc) is 2.82. The molecule has 13 nitrogen and oxygen atoms in total. The lowest BCUT2D eigenvalue weighted by molar-refractivity contribution is -0.143. The predicted molar refractivity (Wildman–Crippen MR) is 133 cm³/mol. The van der Waals surface area contributed by atoms with Crippen LogP contribution in [0.3, 0.4) is 0 Å². The van der Waals surface area contributed by atoms with Crippen molar-refractivity contribution in [1.29, 1.82) is 0 Å². The molecule has 1 aromatic rings. The van der Waals surface area contributed by atoms with Crippen molar-refractivity contribution >= 4 is 35.5 Å². The zero-order chi connectivity index (χ0) is 28.1. The Morgan fingerprint density at radius 1 is 0.784 bits per heavy atom. The van der Waals surface area contributed by atoms with Crippen LogP contribution in [0.2, 0.25) is 0 Å². The number of carboxylic acid groups (broad SMARTS) is 1. The summed E-state index contributed by atoms with van der Waals surface area (Å²) in [4.78, 5) is 72.3. The summed E-state index contributed by atoms with van der Waals surface area (Å²) in [5.41, 5.74) is 16.7. The van der Waals surface area contributed by atoms with Gasteiger partial charge in [0.05, 0.1) is 6.04 Å². The van der Waals surface area contributed by atoms with Gasteiger partial charge in [0.2, 0.25) is 29.5 Å². The van der Waals surface area contributed by atoms with Gasteiger partial charge in [0, 0.05) is 19.3 Å². The molecule has 10 N–H and O–H groups in total. The second-order valence-electron chi connectivity index (χ2n) is 9.00. The minimum atomic E-state index is -1.39. The molecule has 5 amide bonds. The maximum atomic E-state index is 13.2. The zero-order valence-corrected chi connectivity index (χ0v) is 20.9. The van der Waals surface area contributed by atoms with Gasteiger partial charge in [-0.05, 0) is 24.3 Å². The molecule has 13 heteroatoms. The molecule has 1 aromatic carbocycles. The van der Waals surface area contributed by atoms with Crippen LogP contribution in [0.25, 0.3) is 0 Å². The first kappa shape index (κ1) is 31.0. The molecule has 0 aliphatic heterocycles. The van der Waals surface area contributed by atoms with Gasteiger partial charge in [-0.15, -0.1) is 0 Å². The molecular weight excluding hydrogens is 484 g/mol. The van der Waals surface area contributed by atoms with Crippen LogP contribution in [0.15, 0.2) is 30.3 Å². The van der Waals surface area contributed by atoms with Crippen molar-refractivity contribution in [2.45, 2.75) is 70.1 Å². The summed E-state index contributed by atoms with van der Waals surface area (Å²) < 4.78 is 0. The summed E-state index contributed by atoms with van der Waals surface area (Å²) >= 11 is 0. The number of nitrogens with one attached hydrogen (secondary N) is 3. The monoisotopic (exact) mass is 520 g/mol. The molecular formula is C24H36N6O7. The number of carbonyl (C=O) groups excluding carboxylic acids is 5. The van der Waals surface area contributed by atoms with E-state index in [4.69, 9.17) is 17.2 Å². The van der Waals surface area contributed by atoms with Crippen molar-refractivity contribution in [3.05, 3.63) is 35.9 Å². The van der Waals surface area contributed by atoms with E-state index in [2.05, 4.69) is 16.0 Å².